The lowest BCUT2D eigenvalue weighted by atomic mass is 9.98. The van der Waals surface area contributed by atoms with Crippen LogP contribution in [-0.4, -0.2) is 39.0 Å². The number of nitrogens with one attached hydrogen (secondary N) is 1. The van der Waals surface area contributed by atoms with Crippen LogP contribution in [-0.2, 0) is 10.1 Å². The molecule has 7 nitrogen and oxygen atoms in total. The Morgan fingerprint density at radius 2 is 1.83 bits per heavy atom. The van der Waals surface area contributed by atoms with Crippen molar-refractivity contribution in [3.05, 3.63) is 53.1 Å². The van der Waals surface area contributed by atoms with Crippen LogP contribution in [0.5, 0.6) is 11.5 Å². The number of aryl methyl sites for hydroxylation is 1. The van der Waals surface area contributed by atoms with Crippen LogP contribution in [0, 0.1) is 18.3 Å². The molecule has 0 unspecified atom stereocenters. The van der Waals surface area contributed by atoms with E-state index >= 15 is 0 Å². The van der Waals surface area contributed by atoms with E-state index in [2.05, 4.69) is 0 Å². The van der Waals surface area contributed by atoms with Crippen LogP contribution < -0.4 is 14.7 Å². The van der Waals surface area contributed by atoms with Crippen LogP contribution in [0.1, 0.15) is 18.4 Å². The van der Waals surface area contributed by atoms with Crippen molar-refractivity contribution in [2.75, 3.05) is 19.7 Å². The zero-order valence-electron chi connectivity index (χ0n) is 16.5. The van der Waals surface area contributed by atoms with Gasteiger partial charge in [-0.05, 0) is 55.5 Å². The molecule has 2 aromatic rings. The molecule has 0 aromatic heterocycles. The molecule has 0 bridgehead atoms. The van der Waals surface area contributed by atoms with Crippen LogP contribution in [0.15, 0.2) is 47.4 Å². The fourth-order valence-electron chi connectivity index (χ4n) is 3.22. The number of guanidine groups is 1. The lowest BCUT2D eigenvalue weighted by Crippen LogP contribution is -2.43. The van der Waals surface area contributed by atoms with E-state index in [1.807, 2.05) is 17.9 Å². The Balaban J connectivity index is 0.00000320. The smallest absolute Gasteiger partial charge is 0.340 e. The van der Waals surface area contributed by atoms with Gasteiger partial charge in [0, 0.05) is 19.2 Å². The van der Waals surface area contributed by atoms with Crippen molar-refractivity contribution < 1.29 is 17.3 Å². The zero-order chi connectivity index (χ0) is 21.0. The van der Waals surface area contributed by atoms with Crippen molar-refractivity contribution in [1.29, 1.82) is 5.41 Å². The molecule has 1 fully saturated rings. The van der Waals surface area contributed by atoms with E-state index in [4.69, 9.17) is 31.7 Å². The number of rotatable bonds is 6. The number of benzene rings is 2. The van der Waals surface area contributed by atoms with E-state index in [1.54, 1.807) is 24.3 Å². The predicted octanol–water partition coefficient (Wildman–Crippen LogP) is 3.82. The Morgan fingerprint density at radius 3 is 2.47 bits per heavy atom. The van der Waals surface area contributed by atoms with E-state index in [0.717, 1.165) is 31.5 Å². The molecule has 30 heavy (non-hydrogen) atoms. The molecule has 0 saturated carbocycles. The summed E-state index contributed by atoms with van der Waals surface area (Å²) >= 11 is 5.99. The summed E-state index contributed by atoms with van der Waals surface area (Å²) in [5.74, 6) is 1.17. The largest absolute Gasteiger partial charge is 0.493 e. The number of nitrogens with zero attached hydrogens (tertiary/aromatic N) is 1. The van der Waals surface area contributed by atoms with Crippen LogP contribution in [0.2, 0.25) is 5.02 Å². The van der Waals surface area contributed by atoms with Crippen molar-refractivity contribution in [3.8, 4) is 11.5 Å². The second kappa shape index (κ2) is 10.2. The topological polar surface area (TPSA) is 106 Å². The fourth-order valence-corrected chi connectivity index (χ4v) is 4.63. The Morgan fingerprint density at radius 1 is 1.20 bits per heavy atom. The molecule has 0 amide bonds. The highest BCUT2D eigenvalue weighted by Crippen LogP contribution is 2.29. The van der Waals surface area contributed by atoms with Crippen LogP contribution >= 0.6 is 24.0 Å². The summed E-state index contributed by atoms with van der Waals surface area (Å²) in [5.41, 5.74) is 6.34. The maximum Gasteiger partial charge on any atom is 0.340 e. The van der Waals surface area contributed by atoms with E-state index in [-0.39, 0.29) is 34.0 Å². The Labute approximate surface area is 188 Å². The minimum Gasteiger partial charge on any atom is -0.493 e. The number of halogens is 2. The average molecular weight is 474 g/mol. The maximum absolute atomic E-state index is 12.6. The Kier molecular flexibility index (Phi) is 8.23. The minimum atomic E-state index is -4.05. The third-order valence-electron chi connectivity index (χ3n) is 4.78. The predicted molar refractivity (Wildman–Crippen MR) is 119 cm³/mol. The van der Waals surface area contributed by atoms with Gasteiger partial charge in [-0.25, -0.2) is 0 Å². The molecule has 1 aliphatic rings. The summed E-state index contributed by atoms with van der Waals surface area (Å²) in [7, 11) is -4.05. The van der Waals surface area contributed by atoms with Crippen LogP contribution in [0.4, 0.5) is 0 Å². The molecule has 1 heterocycles. The summed E-state index contributed by atoms with van der Waals surface area (Å²) in [6, 6.07) is 11.2. The molecular weight excluding hydrogens is 449 g/mol. The monoisotopic (exact) mass is 473 g/mol. The molecule has 3 N–H and O–H groups in total. The first-order chi connectivity index (χ1) is 13.7. The average Bonchev–Trinajstić information content (AvgIpc) is 2.66. The van der Waals surface area contributed by atoms with E-state index in [9.17, 15) is 8.42 Å². The van der Waals surface area contributed by atoms with Crippen molar-refractivity contribution in [3.63, 3.8) is 0 Å². The van der Waals surface area contributed by atoms with Crippen molar-refractivity contribution in [2.24, 2.45) is 11.7 Å². The van der Waals surface area contributed by atoms with Gasteiger partial charge in [-0.3, -0.25) is 5.41 Å². The molecule has 0 atom stereocenters. The van der Waals surface area contributed by atoms with Gasteiger partial charge in [0.1, 0.15) is 16.4 Å². The maximum atomic E-state index is 12.6. The van der Waals surface area contributed by atoms with Gasteiger partial charge in [0.15, 0.2) is 5.96 Å². The SMILES string of the molecule is Cc1cc(OCC2CCN(C(=N)N)CC2)cc(OS(=O)(=O)c2ccccc2Cl)c1.Cl. The van der Waals surface area contributed by atoms with Gasteiger partial charge in [-0.1, -0.05) is 23.7 Å². The number of hydrogen-bond acceptors (Lipinski definition) is 5. The van der Waals surface area contributed by atoms with E-state index < -0.39 is 10.1 Å². The molecule has 0 radical (unpaired) electrons. The number of hydrogen-bond donors (Lipinski definition) is 2. The second-order valence-electron chi connectivity index (χ2n) is 7.08. The van der Waals surface area contributed by atoms with Gasteiger partial charge in [-0.15, -0.1) is 12.4 Å². The molecular formula is C20H25Cl2N3O4S. The number of likely N-dealkylation sites (tertiary alicyclic amines) is 1. The van der Waals surface area contributed by atoms with Crippen molar-refractivity contribution in [2.45, 2.75) is 24.7 Å². The molecule has 2 aromatic carbocycles. The van der Waals surface area contributed by atoms with Gasteiger partial charge in [-0.2, -0.15) is 8.42 Å². The minimum absolute atomic E-state index is 0. The summed E-state index contributed by atoms with van der Waals surface area (Å²) in [6.45, 7) is 3.82. The molecule has 0 spiro atoms. The summed E-state index contributed by atoms with van der Waals surface area (Å²) in [6.07, 6.45) is 1.77. The van der Waals surface area contributed by atoms with Gasteiger partial charge in [0.25, 0.3) is 0 Å². The summed E-state index contributed by atoms with van der Waals surface area (Å²) < 4.78 is 36.3. The molecule has 3 rings (SSSR count). The van der Waals surface area contributed by atoms with E-state index in [1.165, 1.54) is 12.1 Å². The molecule has 1 aliphatic heterocycles. The van der Waals surface area contributed by atoms with Crippen molar-refractivity contribution in [1.82, 2.24) is 4.90 Å². The normalized spacial score (nSPS) is 14.7. The lowest BCUT2D eigenvalue weighted by Gasteiger charge is -2.32. The standard InChI is InChI=1S/C20H24ClN3O4S.ClH/c1-14-10-16(27-13-15-6-8-24(9-7-15)20(22)23)12-17(11-14)28-29(25,26)19-5-3-2-4-18(19)21;/h2-5,10-12,15H,6-9,13H2,1H3,(H3,22,23);1H. The lowest BCUT2D eigenvalue weighted by molar-refractivity contribution is 0.180. The number of nitrogens with two attached hydrogens (primary N) is 1. The first kappa shape index (κ1) is 24.1. The third-order valence-corrected chi connectivity index (χ3v) is 6.53. The summed E-state index contributed by atoms with van der Waals surface area (Å²) in [4.78, 5) is 1.76. The molecule has 10 heteroatoms. The molecule has 0 aliphatic carbocycles. The highest BCUT2D eigenvalue weighted by atomic mass is 35.5. The zero-order valence-corrected chi connectivity index (χ0v) is 18.9. The molecule has 164 valence electrons. The molecule has 1 saturated heterocycles. The third kappa shape index (κ3) is 6.17. The van der Waals surface area contributed by atoms with Crippen LogP contribution in [0.3, 0.4) is 0 Å². The van der Waals surface area contributed by atoms with Crippen molar-refractivity contribution >= 4 is 40.1 Å². The van der Waals surface area contributed by atoms with Gasteiger partial charge >= 0.3 is 10.1 Å². The highest BCUT2D eigenvalue weighted by Gasteiger charge is 2.22. The first-order valence-electron chi connectivity index (χ1n) is 9.27. The van der Waals surface area contributed by atoms with Gasteiger partial charge < -0.3 is 19.6 Å². The quantitative estimate of drug-likeness (QED) is 0.375. The second-order valence-corrected chi connectivity index (χ2v) is 9.00. The van der Waals surface area contributed by atoms with E-state index in [0.29, 0.717) is 18.3 Å². The van der Waals surface area contributed by atoms with Crippen LogP contribution in [0.25, 0.3) is 0 Å². The van der Waals surface area contributed by atoms with Gasteiger partial charge in [0.05, 0.1) is 11.6 Å². The fraction of sp³-hybridized carbons (Fsp3) is 0.350. The Hall–Kier alpha value is -2.16. The number of piperidine rings is 1. The first-order valence-corrected chi connectivity index (χ1v) is 11.1. The Bertz CT molecular complexity index is 993. The highest BCUT2D eigenvalue weighted by molar-refractivity contribution is 7.87. The van der Waals surface area contributed by atoms with Gasteiger partial charge in [0.2, 0.25) is 0 Å². The summed E-state index contributed by atoms with van der Waals surface area (Å²) in [5, 5.41) is 7.59. The number of ether oxygens (including phenoxy) is 1.